The van der Waals surface area contributed by atoms with E-state index in [1.807, 2.05) is 29.2 Å². The van der Waals surface area contributed by atoms with Gasteiger partial charge in [0.15, 0.2) is 0 Å². The number of carbonyl (C=O) groups excluding carboxylic acids is 2. The number of hydrogen-bond acceptors (Lipinski definition) is 2. The van der Waals surface area contributed by atoms with Crippen molar-refractivity contribution in [3.63, 3.8) is 0 Å². The summed E-state index contributed by atoms with van der Waals surface area (Å²) in [5, 5.41) is -0.0142. The number of hydrogen-bond donors (Lipinski definition) is 0. The Bertz CT molecular complexity index is 961. The van der Waals surface area contributed by atoms with E-state index in [-0.39, 0.29) is 28.9 Å². The fourth-order valence-electron chi connectivity index (χ4n) is 4.56. The van der Waals surface area contributed by atoms with Crippen LogP contribution >= 0.6 is 11.6 Å². The predicted octanol–water partition coefficient (Wildman–Crippen LogP) is 4.25. The van der Waals surface area contributed by atoms with E-state index in [0.29, 0.717) is 36.2 Å². The number of amides is 2. The van der Waals surface area contributed by atoms with Crippen LogP contribution in [0.1, 0.15) is 52.8 Å². The molecule has 2 amide bonds. The normalized spacial score (nSPS) is 23.9. The van der Waals surface area contributed by atoms with Crippen molar-refractivity contribution in [2.45, 2.75) is 31.3 Å². The van der Waals surface area contributed by atoms with Crippen LogP contribution in [0.5, 0.6) is 0 Å². The molecule has 0 aromatic heterocycles. The molecule has 0 saturated carbocycles. The second-order valence-electron chi connectivity index (χ2n) is 7.05. The van der Waals surface area contributed by atoms with Crippen molar-refractivity contribution in [2.24, 2.45) is 0 Å². The zero-order chi connectivity index (χ0) is 18.0. The molecule has 0 N–H and O–H groups in total. The average molecular weight is 371 g/mol. The molecule has 4 nitrogen and oxygen atoms in total. The highest BCUT2D eigenvalue weighted by atomic mass is 35.5. The van der Waals surface area contributed by atoms with Crippen LogP contribution in [0.4, 0.5) is 10.1 Å². The minimum atomic E-state index is -0.523. The number of nitrogens with zero attached hydrogens (tertiary/aromatic N) is 2. The average Bonchev–Trinajstić information content (AvgIpc) is 3.18. The van der Waals surface area contributed by atoms with E-state index in [9.17, 15) is 14.0 Å². The highest BCUT2D eigenvalue weighted by molar-refractivity contribution is 6.31. The number of fused-ring (bicyclic) bond motifs is 5. The minimum Gasteiger partial charge on any atom is -0.335 e. The van der Waals surface area contributed by atoms with Crippen molar-refractivity contribution in [3.8, 4) is 0 Å². The molecule has 0 aliphatic carbocycles. The number of rotatable bonds is 1. The topological polar surface area (TPSA) is 40.6 Å². The van der Waals surface area contributed by atoms with Gasteiger partial charge in [-0.3, -0.25) is 9.59 Å². The molecule has 26 heavy (non-hydrogen) atoms. The van der Waals surface area contributed by atoms with E-state index in [4.69, 9.17) is 11.6 Å². The predicted molar refractivity (Wildman–Crippen MR) is 95.7 cm³/mol. The fourth-order valence-corrected chi connectivity index (χ4v) is 4.72. The maximum Gasteiger partial charge on any atom is 0.259 e. The van der Waals surface area contributed by atoms with Gasteiger partial charge < -0.3 is 9.80 Å². The molecule has 5 rings (SSSR count). The number of halogens is 2. The zero-order valence-corrected chi connectivity index (χ0v) is 14.7. The van der Waals surface area contributed by atoms with Gasteiger partial charge in [-0.1, -0.05) is 29.8 Å². The molecular weight excluding hydrogens is 355 g/mol. The van der Waals surface area contributed by atoms with Crippen LogP contribution in [0, 0.1) is 5.82 Å². The Labute approximate surface area is 155 Å². The Kier molecular flexibility index (Phi) is 3.38. The smallest absolute Gasteiger partial charge is 0.259 e. The maximum absolute atomic E-state index is 14.2. The molecule has 0 bridgehead atoms. The molecule has 132 valence electrons. The van der Waals surface area contributed by atoms with Crippen molar-refractivity contribution < 1.29 is 14.0 Å². The third-order valence-electron chi connectivity index (χ3n) is 5.70. The highest BCUT2D eigenvalue weighted by Gasteiger charge is 2.46. The molecule has 2 aromatic carbocycles. The summed E-state index contributed by atoms with van der Waals surface area (Å²) in [6, 6.07) is 10.0. The van der Waals surface area contributed by atoms with Crippen molar-refractivity contribution in [1.29, 1.82) is 0 Å². The summed E-state index contributed by atoms with van der Waals surface area (Å²) in [6.07, 6.45) is 1.90. The third-order valence-corrected chi connectivity index (χ3v) is 5.99. The second-order valence-corrected chi connectivity index (χ2v) is 7.45. The second kappa shape index (κ2) is 5.55. The quantitative estimate of drug-likeness (QED) is 0.753. The highest BCUT2D eigenvalue weighted by Crippen LogP contribution is 2.52. The standard InChI is InChI=1S/C20H16ClFN2O2/c21-14-9-17-13(8-15(14)22)16(23-7-3-6-19(23)25)10-18-11-4-1-2-5-12(11)20(26)24(17)18/h1-2,4-5,8-9,16,18H,3,6-7,10H2. The van der Waals surface area contributed by atoms with Gasteiger partial charge in [0.05, 0.1) is 22.8 Å². The number of benzene rings is 2. The van der Waals surface area contributed by atoms with Crippen LogP contribution in [0.2, 0.25) is 5.02 Å². The van der Waals surface area contributed by atoms with Gasteiger partial charge in [0.1, 0.15) is 5.82 Å². The summed E-state index contributed by atoms with van der Waals surface area (Å²) in [4.78, 5) is 28.9. The van der Waals surface area contributed by atoms with Gasteiger partial charge in [0.25, 0.3) is 5.91 Å². The van der Waals surface area contributed by atoms with Crippen LogP contribution < -0.4 is 4.90 Å². The first-order valence-electron chi connectivity index (χ1n) is 8.77. The van der Waals surface area contributed by atoms with E-state index < -0.39 is 5.82 Å². The van der Waals surface area contributed by atoms with Crippen molar-refractivity contribution >= 4 is 29.1 Å². The molecule has 0 spiro atoms. The lowest BCUT2D eigenvalue weighted by atomic mass is 9.88. The Morgan fingerprint density at radius 3 is 2.65 bits per heavy atom. The zero-order valence-electron chi connectivity index (χ0n) is 13.9. The Balaban J connectivity index is 1.71. The molecular formula is C20H16ClFN2O2. The van der Waals surface area contributed by atoms with Crippen LogP contribution in [-0.2, 0) is 4.79 Å². The van der Waals surface area contributed by atoms with E-state index in [1.165, 1.54) is 12.1 Å². The lowest BCUT2D eigenvalue weighted by Crippen LogP contribution is -2.40. The fraction of sp³-hybridized carbons (Fsp3) is 0.300. The number of carbonyl (C=O) groups is 2. The summed E-state index contributed by atoms with van der Waals surface area (Å²) in [6.45, 7) is 0.662. The van der Waals surface area contributed by atoms with Crippen LogP contribution in [0.15, 0.2) is 36.4 Å². The Morgan fingerprint density at radius 2 is 1.88 bits per heavy atom. The van der Waals surface area contributed by atoms with E-state index >= 15 is 0 Å². The van der Waals surface area contributed by atoms with Gasteiger partial charge in [-0.05, 0) is 36.6 Å². The molecule has 1 saturated heterocycles. The first-order valence-corrected chi connectivity index (χ1v) is 9.15. The van der Waals surface area contributed by atoms with E-state index in [1.54, 1.807) is 4.90 Å². The van der Waals surface area contributed by atoms with Gasteiger partial charge in [-0.25, -0.2) is 4.39 Å². The van der Waals surface area contributed by atoms with Crippen molar-refractivity contribution in [1.82, 2.24) is 4.90 Å². The van der Waals surface area contributed by atoms with Crippen LogP contribution in [0.25, 0.3) is 0 Å². The minimum absolute atomic E-state index is 0.0142. The summed E-state index contributed by atoms with van der Waals surface area (Å²) in [5.41, 5.74) is 2.90. The molecule has 0 radical (unpaired) electrons. The van der Waals surface area contributed by atoms with Crippen molar-refractivity contribution in [3.05, 3.63) is 63.9 Å². The monoisotopic (exact) mass is 370 g/mol. The summed E-state index contributed by atoms with van der Waals surface area (Å²) in [5.74, 6) is -0.534. The Hall–Kier alpha value is -2.40. The molecule has 2 atom stereocenters. The van der Waals surface area contributed by atoms with Gasteiger partial charge in [-0.2, -0.15) is 0 Å². The maximum atomic E-state index is 14.2. The molecule has 3 aliphatic heterocycles. The molecule has 2 unspecified atom stereocenters. The van der Waals surface area contributed by atoms with Gasteiger partial charge in [0, 0.05) is 24.1 Å². The molecule has 6 heteroatoms. The first-order chi connectivity index (χ1) is 12.6. The summed E-state index contributed by atoms with van der Waals surface area (Å²) < 4.78 is 14.2. The molecule has 3 aliphatic rings. The van der Waals surface area contributed by atoms with E-state index in [2.05, 4.69) is 0 Å². The van der Waals surface area contributed by atoms with Crippen LogP contribution in [0.3, 0.4) is 0 Å². The lowest BCUT2D eigenvalue weighted by molar-refractivity contribution is -0.130. The summed E-state index contributed by atoms with van der Waals surface area (Å²) >= 11 is 6.04. The number of likely N-dealkylation sites (tertiary alicyclic amines) is 1. The first kappa shape index (κ1) is 15.8. The van der Waals surface area contributed by atoms with E-state index in [0.717, 1.165) is 12.0 Å². The third kappa shape index (κ3) is 2.07. The molecule has 3 heterocycles. The SMILES string of the molecule is O=C1CCCN1C1CC2c3ccccc3C(=O)N2c2cc(Cl)c(F)cc21. The number of anilines is 1. The summed E-state index contributed by atoms with van der Waals surface area (Å²) in [7, 11) is 0. The van der Waals surface area contributed by atoms with Gasteiger partial charge >= 0.3 is 0 Å². The molecule has 1 fully saturated rings. The molecule has 2 aromatic rings. The van der Waals surface area contributed by atoms with Gasteiger partial charge in [0.2, 0.25) is 5.91 Å². The van der Waals surface area contributed by atoms with Crippen LogP contribution in [-0.4, -0.2) is 23.3 Å². The lowest BCUT2D eigenvalue weighted by Gasteiger charge is -2.41. The Morgan fingerprint density at radius 1 is 1.08 bits per heavy atom. The van der Waals surface area contributed by atoms with Gasteiger partial charge in [-0.15, -0.1) is 0 Å². The van der Waals surface area contributed by atoms with Crippen molar-refractivity contribution in [2.75, 3.05) is 11.4 Å². The largest absolute Gasteiger partial charge is 0.335 e.